The number of rotatable bonds is 6. The average molecular weight is 337 g/mol. The van der Waals surface area contributed by atoms with Crippen LogP contribution >= 0.6 is 0 Å². The van der Waals surface area contributed by atoms with Crippen molar-refractivity contribution < 1.29 is 22.7 Å². The van der Waals surface area contributed by atoms with Crippen LogP contribution in [0, 0.1) is 0 Å². The molecule has 0 spiro atoms. The first kappa shape index (κ1) is 18.0. The molecule has 0 heterocycles. The largest absolute Gasteiger partial charge is 0.411 e. The van der Waals surface area contributed by atoms with Gasteiger partial charge in [0.15, 0.2) is 0 Å². The zero-order chi connectivity index (χ0) is 17.6. The molecule has 2 aromatic carbocycles. The van der Waals surface area contributed by atoms with Crippen LogP contribution < -0.4 is 5.32 Å². The third kappa shape index (κ3) is 5.38. The molecule has 1 atom stereocenters. The number of amides is 1. The van der Waals surface area contributed by atoms with Crippen molar-refractivity contribution in [2.75, 3.05) is 6.61 Å². The highest BCUT2D eigenvalue weighted by Crippen LogP contribution is 2.22. The molecule has 6 heteroatoms. The molecule has 0 aromatic heterocycles. The summed E-state index contributed by atoms with van der Waals surface area (Å²) in [5, 5.41) is 2.75. The maximum absolute atomic E-state index is 12.2. The normalized spacial score (nSPS) is 12.9. The Kier molecular flexibility index (Phi) is 5.98. The van der Waals surface area contributed by atoms with Crippen molar-refractivity contribution in [2.24, 2.45) is 0 Å². The summed E-state index contributed by atoms with van der Waals surface area (Å²) in [6.07, 6.45) is -5.67. The summed E-state index contributed by atoms with van der Waals surface area (Å²) >= 11 is 0. The van der Waals surface area contributed by atoms with Gasteiger partial charge in [0.25, 0.3) is 0 Å². The van der Waals surface area contributed by atoms with Crippen molar-refractivity contribution in [3.63, 3.8) is 0 Å². The summed E-state index contributed by atoms with van der Waals surface area (Å²) < 4.78 is 41.2. The van der Waals surface area contributed by atoms with Crippen molar-refractivity contribution in [3.05, 3.63) is 71.8 Å². The van der Waals surface area contributed by atoms with Gasteiger partial charge in [-0.15, -0.1) is 0 Å². The van der Waals surface area contributed by atoms with Crippen molar-refractivity contribution in [3.8, 4) is 0 Å². The van der Waals surface area contributed by atoms with Crippen LogP contribution in [0.4, 0.5) is 13.2 Å². The van der Waals surface area contributed by atoms with Gasteiger partial charge in [-0.05, 0) is 18.1 Å². The molecule has 0 aliphatic rings. The van der Waals surface area contributed by atoms with Crippen LogP contribution in [0.2, 0.25) is 0 Å². The van der Waals surface area contributed by atoms with Gasteiger partial charge >= 0.3 is 6.18 Å². The molecule has 0 bridgehead atoms. The first-order chi connectivity index (χ1) is 11.4. The lowest BCUT2D eigenvalue weighted by atomic mass is 9.98. The van der Waals surface area contributed by atoms with E-state index in [1.807, 2.05) is 60.7 Å². The molecule has 128 valence electrons. The molecule has 2 aromatic rings. The van der Waals surface area contributed by atoms with Gasteiger partial charge < -0.3 is 10.1 Å². The minimum atomic E-state index is -4.47. The van der Waals surface area contributed by atoms with Gasteiger partial charge in [0.05, 0.1) is 6.04 Å². The Hall–Kier alpha value is -2.34. The minimum absolute atomic E-state index is 0.461. The zero-order valence-corrected chi connectivity index (χ0v) is 13.1. The lowest BCUT2D eigenvalue weighted by molar-refractivity contribution is -0.185. The Balaban J connectivity index is 2.13. The Bertz CT molecular complexity index is 605. The van der Waals surface area contributed by atoms with E-state index in [1.165, 1.54) is 6.92 Å². The van der Waals surface area contributed by atoms with E-state index in [4.69, 9.17) is 0 Å². The van der Waals surface area contributed by atoms with E-state index in [2.05, 4.69) is 10.1 Å². The van der Waals surface area contributed by atoms with Crippen LogP contribution in [0.1, 0.15) is 24.1 Å². The maximum Gasteiger partial charge on any atom is 0.411 e. The summed E-state index contributed by atoms with van der Waals surface area (Å²) in [6.45, 7) is -0.156. The number of nitrogens with one attached hydrogen (secondary N) is 1. The summed E-state index contributed by atoms with van der Waals surface area (Å²) in [5.74, 6) is -0.600. The standard InChI is InChI=1S/C18H18F3NO2/c1-13(24-12-18(19,20)21)17(23)22-16(14-8-4-2-5-9-14)15-10-6-3-7-11-15/h2-11,13,16H,12H2,1H3,(H,22,23). The first-order valence-electron chi connectivity index (χ1n) is 7.45. The van der Waals surface area contributed by atoms with E-state index in [0.717, 1.165) is 11.1 Å². The van der Waals surface area contributed by atoms with Crippen molar-refractivity contribution in [1.82, 2.24) is 5.32 Å². The number of carbonyl (C=O) groups is 1. The summed E-state index contributed by atoms with van der Waals surface area (Å²) in [4.78, 5) is 12.2. The molecule has 0 saturated heterocycles. The van der Waals surface area contributed by atoms with Gasteiger partial charge in [0, 0.05) is 0 Å². The van der Waals surface area contributed by atoms with Crippen molar-refractivity contribution in [2.45, 2.75) is 25.2 Å². The van der Waals surface area contributed by atoms with Crippen molar-refractivity contribution in [1.29, 1.82) is 0 Å². The number of carbonyl (C=O) groups excluding carboxylic acids is 1. The molecule has 0 aliphatic heterocycles. The fourth-order valence-electron chi connectivity index (χ4n) is 2.20. The minimum Gasteiger partial charge on any atom is -0.359 e. The number of halogens is 3. The second-order valence-corrected chi connectivity index (χ2v) is 5.33. The Morgan fingerprint density at radius 2 is 1.46 bits per heavy atom. The van der Waals surface area contributed by atoms with Gasteiger partial charge in [-0.25, -0.2) is 0 Å². The molecular weight excluding hydrogens is 319 g/mol. The quantitative estimate of drug-likeness (QED) is 0.869. The molecule has 0 radical (unpaired) electrons. The van der Waals surface area contributed by atoms with Crippen LogP contribution in [0.5, 0.6) is 0 Å². The van der Waals surface area contributed by atoms with E-state index in [9.17, 15) is 18.0 Å². The van der Waals surface area contributed by atoms with Gasteiger partial charge in [0.1, 0.15) is 12.7 Å². The molecule has 2 rings (SSSR count). The number of ether oxygens (including phenoxy) is 1. The number of benzene rings is 2. The molecule has 24 heavy (non-hydrogen) atoms. The molecule has 1 unspecified atom stereocenters. The van der Waals surface area contributed by atoms with Crippen LogP contribution in [-0.4, -0.2) is 24.8 Å². The Labute approximate surface area is 138 Å². The van der Waals surface area contributed by atoms with E-state index in [-0.39, 0.29) is 0 Å². The number of hydrogen-bond donors (Lipinski definition) is 1. The van der Waals surface area contributed by atoms with Crippen LogP contribution in [0.25, 0.3) is 0 Å². The van der Waals surface area contributed by atoms with Crippen LogP contribution in [0.15, 0.2) is 60.7 Å². The predicted octanol–water partition coefficient (Wildman–Crippen LogP) is 3.86. The maximum atomic E-state index is 12.2. The highest BCUT2D eigenvalue weighted by Gasteiger charge is 2.30. The van der Waals surface area contributed by atoms with Crippen molar-refractivity contribution >= 4 is 5.91 Å². The highest BCUT2D eigenvalue weighted by molar-refractivity contribution is 5.81. The predicted molar refractivity (Wildman–Crippen MR) is 84.3 cm³/mol. The summed E-state index contributed by atoms with van der Waals surface area (Å²) in [5.41, 5.74) is 1.67. The monoisotopic (exact) mass is 337 g/mol. The molecule has 0 aliphatic carbocycles. The van der Waals surface area contributed by atoms with Gasteiger partial charge in [-0.1, -0.05) is 60.7 Å². The molecule has 0 saturated carbocycles. The average Bonchev–Trinajstić information content (AvgIpc) is 2.58. The van der Waals surface area contributed by atoms with Crippen LogP contribution in [0.3, 0.4) is 0 Å². The SMILES string of the molecule is CC(OCC(F)(F)F)C(=O)NC(c1ccccc1)c1ccccc1. The van der Waals surface area contributed by atoms with Crippen LogP contribution in [-0.2, 0) is 9.53 Å². The second-order valence-electron chi connectivity index (χ2n) is 5.33. The fraction of sp³-hybridized carbons (Fsp3) is 0.278. The molecule has 3 nitrogen and oxygen atoms in total. The topological polar surface area (TPSA) is 38.3 Å². The number of alkyl halides is 3. The first-order valence-corrected chi connectivity index (χ1v) is 7.45. The van der Waals surface area contributed by atoms with E-state index < -0.39 is 30.8 Å². The van der Waals surface area contributed by atoms with E-state index >= 15 is 0 Å². The third-order valence-corrected chi connectivity index (χ3v) is 3.42. The van der Waals surface area contributed by atoms with Gasteiger partial charge in [-0.3, -0.25) is 4.79 Å². The fourth-order valence-corrected chi connectivity index (χ4v) is 2.20. The van der Waals surface area contributed by atoms with Gasteiger partial charge in [0.2, 0.25) is 5.91 Å². The van der Waals surface area contributed by atoms with E-state index in [0.29, 0.717) is 0 Å². The van der Waals surface area contributed by atoms with Gasteiger partial charge in [-0.2, -0.15) is 13.2 Å². The Morgan fingerprint density at radius 3 is 1.88 bits per heavy atom. The lowest BCUT2D eigenvalue weighted by Crippen LogP contribution is -2.39. The zero-order valence-electron chi connectivity index (χ0n) is 13.1. The number of hydrogen-bond acceptors (Lipinski definition) is 2. The molecule has 1 N–H and O–H groups in total. The molecular formula is C18H18F3NO2. The Morgan fingerprint density at radius 1 is 1.00 bits per heavy atom. The second kappa shape index (κ2) is 7.97. The summed E-state index contributed by atoms with van der Waals surface area (Å²) in [6, 6.07) is 18.0. The summed E-state index contributed by atoms with van der Waals surface area (Å²) in [7, 11) is 0. The molecule has 1 amide bonds. The third-order valence-electron chi connectivity index (χ3n) is 3.42. The smallest absolute Gasteiger partial charge is 0.359 e. The highest BCUT2D eigenvalue weighted by atomic mass is 19.4. The van der Waals surface area contributed by atoms with E-state index in [1.54, 1.807) is 0 Å². The molecule has 0 fully saturated rings. The lowest BCUT2D eigenvalue weighted by Gasteiger charge is -2.22.